The van der Waals surface area contributed by atoms with Gasteiger partial charge in [-0.3, -0.25) is 14.4 Å². The van der Waals surface area contributed by atoms with Crippen LogP contribution >= 0.6 is 0 Å². The second-order valence-electron chi connectivity index (χ2n) is 7.17. The molecule has 30 heavy (non-hydrogen) atoms. The lowest BCUT2D eigenvalue weighted by atomic mass is 9.80. The van der Waals surface area contributed by atoms with Crippen LogP contribution in [0.25, 0.3) is 0 Å². The number of hydrogen-bond donors (Lipinski definition) is 0. The van der Waals surface area contributed by atoms with Crippen molar-refractivity contribution < 1.29 is 28.6 Å². The van der Waals surface area contributed by atoms with Gasteiger partial charge in [0.2, 0.25) is 5.88 Å². The van der Waals surface area contributed by atoms with Gasteiger partial charge in [-0.2, -0.15) is 0 Å². The second kappa shape index (κ2) is 12.0. The Morgan fingerprint density at radius 2 is 1.73 bits per heavy atom. The van der Waals surface area contributed by atoms with Gasteiger partial charge in [0.1, 0.15) is 0 Å². The third-order valence-corrected chi connectivity index (χ3v) is 4.94. The minimum absolute atomic E-state index is 0.0608. The SMILES string of the molecule is CCOC(=O)C(CC#CC1CCCCC1)(CC(=O)Oc1ccccn1)C(=O)OCC. The monoisotopic (exact) mass is 415 g/mol. The third-order valence-electron chi connectivity index (χ3n) is 4.94. The van der Waals surface area contributed by atoms with E-state index in [2.05, 4.69) is 16.8 Å². The van der Waals surface area contributed by atoms with Crippen LogP contribution in [0.5, 0.6) is 5.88 Å². The van der Waals surface area contributed by atoms with Gasteiger partial charge >= 0.3 is 17.9 Å². The Bertz CT molecular complexity index is 756. The van der Waals surface area contributed by atoms with E-state index < -0.39 is 29.7 Å². The molecule has 162 valence electrons. The summed E-state index contributed by atoms with van der Waals surface area (Å²) in [5.41, 5.74) is -1.88. The molecule has 0 amide bonds. The van der Waals surface area contributed by atoms with Gasteiger partial charge in [-0.1, -0.05) is 31.2 Å². The summed E-state index contributed by atoms with van der Waals surface area (Å²) in [5, 5.41) is 0. The standard InChI is InChI=1S/C23H29NO6/c1-3-28-21(26)23(22(27)29-4-2,15-10-13-18-11-6-5-7-12-18)17-20(25)30-19-14-8-9-16-24-19/h8-9,14,16,18H,3-7,11-12,15,17H2,1-2H3. The molecule has 1 heterocycles. The van der Waals surface area contributed by atoms with Crippen molar-refractivity contribution in [1.82, 2.24) is 4.98 Å². The molecule has 0 atom stereocenters. The first-order valence-corrected chi connectivity index (χ1v) is 10.5. The van der Waals surface area contributed by atoms with E-state index in [9.17, 15) is 14.4 Å². The first-order chi connectivity index (χ1) is 14.5. The van der Waals surface area contributed by atoms with Gasteiger partial charge in [-0.25, -0.2) is 4.98 Å². The summed E-state index contributed by atoms with van der Waals surface area (Å²) >= 11 is 0. The lowest BCUT2D eigenvalue weighted by molar-refractivity contribution is -0.175. The second-order valence-corrected chi connectivity index (χ2v) is 7.17. The molecule has 0 aromatic carbocycles. The smallest absolute Gasteiger partial charge is 0.325 e. The molecule has 1 aromatic rings. The van der Waals surface area contributed by atoms with Crippen molar-refractivity contribution in [1.29, 1.82) is 0 Å². The molecule has 0 bridgehead atoms. The minimum atomic E-state index is -1.88. The summed E-state index contributed by atoms with van der Waals surface area (Å²) in [7, 11) is 0. The van der Waals surface area contributed by atoms with E-state index in [0.29, 0.717) is 0 Å². The fraction of sp³-hybridized carbons (Fsp3) is 0.565. The predicted molar refractivity (Wildman–Crippen MR) is 109 cm³/mol. The Morgan fingerprint density at radius 3 is 2.30 bits per heavy atom. The van der Waals surface area contributed by atoms with Crippen molar-refractivity contribution in [2.45, 2.75) is 58.8 Å². The molecule has 0 unspecified atom stereocenters. The molecule has 0 spiro atoms. The molecule has 1 saturated carbocycles. The largest absolute Gasteiger partial charge is 0.465 e. The van der Waals surface area contributed by atoms with Gasteiger partial charge in [0.15, 0.2) is 5.41 Å². The van der Waals surface area contributed by atoms with Crippen LogP contribution in [0.3, 0.4) is 0 Å². The Morgan fingerprint density at radius 1 is 1.07 bits per heavy atom. The van der Waals surface area contributed by atoms with Crippen LogP contribution < -0.4 is 4.74 Å². The summed E-state index contributed by atoms with van der Waals surface area (Å²) in [6, 6.07) is 4.85. The molecular formula is C23H29NO6. The molecule has 1 aromatic heterocycles. The van der Waals surface area contributed by atoms with E-state index in [-0.39, 0.29) is 31.4 Å². The van der Waals surface area contributed by atoms with E-state index in [1.807, 2.05) is 0 Å². The van der Waals surface area contributed by atoms with Crippen LogP contribution in [-0.2, 0) is 23.9 Å². The van der Waals surface area contributed by atoms with Crippen molar-refractivity contribution >= 4 is 17.9 Å². The third kappa shape index (κ3) is 6.58. The lowest BCUT2D eigenvalue weighted by Crippen LogP contribution is -2.44. The highest BCUT2D eigenvalue weighted by Crippen LogP contribution is 2.32. The van der Waals surface area contributed by atoms with Gasteiger partial charge in [-0.05, 0) is 32.8 Å². The van der Waals surface area contributed by atoms with Crippen LogP contribution in [0, 0.1) is 23.2 Å². The first kappa shape index (κ1) is 23.4. The Kier molecular flexibility index (Phi) is 9.33. The summed E-state index contributed by atoms with van der Waals surface area (Å²) in [6.45, 7) is 3.39. The molecular weight excluding hydrogens is 386 g/mol. The van der Waals surface area contributed by atoms with Crippen LogP contribution in [0.15, 0.2) is 24.4 Å². The van der Waals surface area contributed by atoms with Crippen molar-refractivity contribution in [3.8, 4) is 17.7 Å². The van der Waals surface area contributed by atoms with Crippen LogP contribution in [-0.4, -0.2) is 36.1 Å². The highest BCUT2D eigenvalue weighted by molar-refractivity contribution is 6.03. The molecule has 1 aliphatic rings. The van der Waals surface area contributed by atoms with Gasteiger partial charge in [0.05, 0.1) is 19.6 Å². The van der Waals surface area contributed by atoms with Crippen molar-refractivity contribution in [3.05, 3.63) is 24.4 Å². The number of nitrogens with zero attached hydrogens (tertiary/aromatic N) is 1. The van der Waals surface area contributed by atoms with Crippen molar-refractivity contribution in [3.63, 3.8) is 0 Å². The maximum Gasteiger partial charge on any atom is 0.325 e. The minimum Gasteiger partial charge on any atom is -0.465 e. The highest BCUT2D eigenvalue weighted by Gasteiger charge is 2.51. The van der Waals surface area contributed by atoms with Crippen molar-refractivity contribution in [2.24, 2.45) is 11.3 Å². The Labute approximate surface area is 177 Å². The van der Waals surface area contributed by atoms with E-state index in [1.165, 1.54) is 18.7 Å². The quantitative estimate of drug-likeness (QED) is 0.365. The maximum atomic E-state index is 12.8. The van der Waals surface area contributed by atoms with Crippen LogP contribution in [0.2, 0.25) is 0 Å². The van der Waals surface area contributed by atoms with Gasteiger partial charge in [0.25, 0.3) is 0 Å². The first-order valence-electron chi connectivity index (χ1n) is 10.5. The summed E-state index contributed by atoms with van der Waals surface area (Å²) in [5.74, 6) is 4.00. The average molecular weight is 415 g/mol. The van der Waals surface area contributed by atoms with E-state index in [0.717, 1.165) is 25.7 Å². The maximum absolute atomic E-state index is 12.8. The number of carbonyl (C=O) groups excluding carboxylic acids is 3. The lowest BCUT2D eigenvalue weighted by Gasteiger charge is -2.26. The summed E-state index contributed by atoms with van der Waals surface area (Å²) < 4.78 is 15.5. The molecule has 0 N–H and O–H groups in total. The normalized spacial score (nSPS) is 14.2. The zero-order valence-corrected chi connectivity index (χ0v) is 17.6. The van der Waals surface area contributed by atoms with E-state index in [1.54, 1.807) is 26.0 Å². The number of aromatic nitrogens is 1. The van der Waals surface area contributed by atoms with Crippen LogP contribution in [0.4, 0.5) is 0 Å². The number of esters is 3. The molecule has 0 radical (unpaired) electrons. The molecule has 1 fully saturated rings. The van der Waals surface area contributed by atoms with Gasteiger partial charge in [-0.15, -0.1) is 5.92 Å². The average Bonchev–Trinajstić information content (AvgIpc) is 2.74. The molecule has 7 heteroatoms. The summed E-state index contributed by atoms with van der Waals surface area (Å²) in [6.07, 6.45) is 6.21. The van der Waals surface area contributed by atoms with E-state index in [4.69, 9.17) is 14.2 Å². The number of rotatable bonds is 8. The van der Waals surface area contributed by atoms with Gasteiger partial charge in [0, 0.05) is 24.6 Å². The zero-order chi connectivity index (χ0) is 21.8. The molecule has 1 aliphatic carbocycles. The highest BCUT2D eigenvalue weighted by atomic mass is 16.6. The number of hydrogen-bond acceptors (Lipinski definition) is 7. The van der Waals surface area contributed by atoms with Crippen LogP contribution in [0.1, 0.15) is 58.8 Å². The fourth-order valence-electron chi connectivity index (χ4n) is 3.37. The topological polar surface area (TPSA) is 91.8 Å². The Hall–Kier alpha value is -2.88. The Balaban J connectivity index is 2.26. The zero-order valence-electron chi connectivity index (χ0n) is 17.6. The van der Waals surface area contributed by atoms with Gasteiger partial charge < -0.3 is 14.2 Å². The summed E-state index contributed by atoms with van der Waals surface area (Å²) in [4.78, 5) is 42.2. The van der Waals surface area contributed by atoms with E-state index >= 15 is 0 Å². The fourth-order valence-corrected chi connectivity index (χ4v) is 3.37. The van der Waals surface area contributed by atoms with Crippen molar-refractivity contribution in [2.75, 3.05) is 13.2 Å². The molecule has 7 nitrogen and oxygen atoms in total. The molecule has 0 saturated heterocycles. The molecule has 2 rings (SSSR count). The molecule has 0 aliphatic heterocycles. The predicted octanol–water partition coefficient (Wildman–Crippen LogP) is 3.46. The number of ether oxygens (including phenoxy) is 3. The number of carbonyl (C=O) groups is 3. The number of pyridine rings is 1.